The summed E-state index contributed by atoms with van der Waals surface area (Å²) >= 11 is 0. The van der Waals surface area contributed by atoms with Crippen molar-refractivity contribution in [2.45, 2.75) is 31.8 Å². The first kappa shape index (κ1) is 24.9. The summed E-state index contributed by atoms with van der Waals surface area (Å²) in [4.78, 5) is 35.4. The second-order valence-corrected chi connectivity index (χ2v) is 7.94. The summed E-state index contributed by atoms with van der Waals surface area (Å²) in [6.07, 6.45) is 2.45. The van der Waals surface area contributed by atoms with Crippen LogP contribution in [0, 0.1) is 17.6 Å². The van der Waals surface area contributed by atoms with Crippen molar-refractivity contribution in [1.29, 1.82) is 0 Å². The molecule has 34 heavy (non-hydrogen) atoms. The standard InChI is InChI=1S/C24H26F2N2O6/c1-33-21-19(25)12-16(13-20(21)26)23(30)28-11-10-27-22(29)14-2-6-17(7-3-14)34-18-8-4-15(5-9-18)24(31)32/h2-3,6-7,12-13,15,18H,4-5,8-11H2,1H3,(H,27,29)(H,28,30)(H,31,32)/t15-,18+. The van der Waals surface area contributed by atoms with Gasteiger partial charge >= 0.3 is 5.97 Å². The van der Waals surface area contributed by atoms with E-state index in [2.05, 4.69) is 15.4 Å². The van der Waals surface area contributed by atoms with Crippen LogP contribution in [-0.4, -0.2) is 49.2 Å². The van der Waals surface area contributed by atoms with E-state index in [1.54, 1.807) is 24.3 Å². The number of amides is 2. The average Bonchev–Trinajstić information content (AvgIpc) is 2.82. The van der Waals surface area contributed by atoms with Crippen LogP contribution >= 0.6 is 0 Å². The molecule has 0 bridgehead atoms. The second kappa shape index (κ2) is 11.4. The Bertz CT molecular complexity index is 1010. The van der Waals surface area contributed by atoms with Gasteiger partial charge in [-0.15, -0.1) is 0 Å². The third kappa shape index (κ3) is 6.43. The van der Waals surface area contributed by atoms with Crippen LogP contribution in [0.15, 0.2) is 36.4 Å². The molecule has 2 aromatic carbocycles. The lowest BCUT2D eigenvalue weighted by molar-refractivity contribution is -0.143. The molecule has 0 heterocycles. The fourth-order valence-electron chi connectivity index (χ4n) is 3.75. The molecule has 0 unspecified atom stereocenters. The van der Waals surface area contributed by atoms with Crippen molar-refractivity contribution < 1.29 is 37.7 Å². The number of carbonyl (C=O) groups is 3. The highest BCUT2D eigenvalue weighted by Crippen LogP contribution is 2.28. The van der Waals surface area contributed by atoms with Gasteiger partial charge in [-0.25, -0.2) is 8.78 Å². The molecule has 3 N–H and O–H groups in total. The van der Waals surface area contributed by atoms with E-state index >= 15 is 0 Å². The van der Waals surface area contributed by atoms with Gasteiger partial charge < -0.3 is 25.2 Å². The molecular weight excluding hydrogens is 450 g/mol. The van der Waals surface area contributed by atoms with Gasteiger partial charge in [-0.2, -0.15) is 0 Å². The molecule has 0 atom stereocenters. The number of methoxy groups -OCH3 is 1. The molecule has 182 valence electrons. The Hall–Kier alpha value is -3.69. The summed E-state index contributed by atoms with van der Waals surface area (Å²) in [5.41, 5.74) is 0.196. The molecule has 10 heteroatoms. The third-order valence-corrected chi connectivity index (χ3v) is 5.60. The van der Waals surface area contributed by atoms with Gasteiger partial charge in [-0.05, 0) is 62.1 Å². The minimum atomic E-state index is -0.985. The fourth-order valence-corrected chi connectivity index (χ4v) is 3.75. The van der Waals surface area contributed by atoms with Gasteiger partial charge in [0, 0.05) is 24.2 Å². The second-order valence-electron chi connectivity index (χ2n) is 7.94. The number of benzene rings is 2. The molecule has 1 aliphatic carbocycles. The minimum Gasteiger partial charge on any atom is -0.491 e. The molecule has 0 saturated heterocycles. The van der Waals surface area contributed by atoms with Crippen LogP contribution in [-0.2, 0) is 4.79 Å². The van der Waals surface area contributed by atoms with Crippen LogP contribution in [0.25, 0.3) is 0 Å². The number of halogens is 2. The molecule has 0 radical (unpaired) electrons. The van der Waals surface area contributed by atoms with Crippen molar-refractivity contribution in [3.8, 4) is 11.5 Å². The fraction of sp³-hybridized carbons (Fsp3) is 0.375. The van der Waals surface area contributed by atoms with Gasteiger partial charge in [0.1, 0.15) is 5.75 Å². The Morgan fingerprint density at radius 3 is 1.94 bits per heavy atom. The van der Waals surface area contributed by atoms with Crippen LogP contribution in [0.5, 0.6) is 11.5 Å². The lowest BCUT2D eigenvalue weighted by atomic mass is 9.87. The number of hydrogen-bond donors (Lipinski definition) is 3. The Kier molecular flexibility index (Phi) is 8.39. The van der Waals surface area contributed by atoms with Gasteiger partial charge in [0.05, 0.1) is 19.1 Å². The minimum absolute atomic E-state index is 0.0495. The third-order valence-electron chi connectivity index (χ3n) is 5.60. The SMILES string of the molecule is COc1c(F)cc(C(=O)NCCNC(=O)c2ccc(O[C@H]3CC[C@@H](C(=O)O)CC3)cc2)cc1F. The van der Waals surface area contributed by atoms with Crippen molar-refractivity contribution in [1.82, 2.24) is 10.6 Å². The van der Waals surface area contributed by atoms with Crippen molar-refractivity contribution in [3.63, 3.8) is 0 Å². The maximum atomic E-state index is 13.7. The predicted molar refractivity (Wildman–Crippen MR) is 118 cm³/mol. The maximum absolute atomic E-state index is 13.7. The predicted octanol–water partition coefficient (Wildman–Crippen LogP) is 3.16. The zero-order valence-corrected chi connectivity index (χ0v) is 18.6. The highest BCUT2D eigenvalue weighted by molar-refractivity contribution is 5.95. The summed E-state index contributed by atoms with van der Waals surface area (Å²) in [6, 6.07) is 8.30. The van der Waals surface area contributed by atoms with E-state index in [-0.39, 0.29) is 36.6 Å². The van der Waals surface area contributed by atoms with E-state index < -0.39 is 29.3 Å². The summed E-state index contributed by atoms with van der Waals surface area (Å²) < 4.78 is 37.9. The van der Waals surface area contributed by atoms with Crippen molar-refractivity contribution in [2.24, 2.45) is 5.92 Å². The number of hydrogen-bond acceptors (Lipinski definition) is 5. The topological polar surface area (TPSA) is 114 Å². The van der Waals surface area contributed by atoms with Crippen LogP contribution in [0.4, 0.5) is 8.78 Å². The van der Waals surface area contributed by atoms with E-state index in [1.807, 2.05) is 0 Å². The molecule has 0 aliphatic heterocycles. The Morgan fingerprint density at radius 2 is 1.44 bits per heavy atom. The lowest BCUT2D eigenvalue weighted by Crippen LogP contribution is -2.34. The highest BCUT2D eigenvalue weighted by Gasteiger charge is 2.27. The molecule has 0 aromatic heterocycles. The Labute approximate surface area is 195 Å². The highest BCUT2D eigenvalue weighted by atomic mass is 19.1. The summed E-state index contributed by atoms with van der Waals surface area (Å²) in [5, 5.41) is 14.2. The summed E-state index contributed by atoms with van der Waals surface area (Å²) in [7, 11) is 1.12. The average molecular weight is 476 g/mol. The molecule has 1 aliphatic rings. The van der Waals surface area contributed by atoms with Gasteiger partial charge in [0.15, 0.2) is 17.4 Å². The van der Waals surface area contributed by atoms with Crippen LogP contribution in [0.3, 0.4) is 0 Å². The molecule has 1 saturated carbocycles. The molecule has 0 spiro atoms. The van der Waals surface area contributed by atoms with Gasteiger partial charge in [0.25, 0.3) is 11.8 Å². The van der Waals surface area contributed by atoms with E-state index in [0.29, 0.717) is 37.0 Å². The van der Waals surface area contributed by atoms with Gasteiger partial charge in [-0.1, -0.05) is 0 Å². The summed E-state index contributed by atoms with van der Waals surface area (Å²) in [5.74, 6) is -4.06. The Balaban J connectivity index is 1.41. The van der Waals surface area contributed by atoms with Crippen LogP contribution in [0.2, 0.25) is 0 Å². The van der Waals surface area contributed by atoms with Crippen LogP contribution in [0.1, 0.15) is 46.4 Å². The van der Waals surface area contributed by atoms with Crippen molar-refractivity contribution in [3.05, 3.63) is 59.2 Å². The quantitative estimate of drug-likeness (QED) is 0.479. The molecule has 1 fully saturated rings. The molecular formula is C24H26F2N2O6. The maximum Gasteiger partial charge on any atom is 0.306 e. The molecule has 3 rings (SSSR count). The zero-order chi connectivity index (χ0) is 24.7. The molecule has 2 amide bonds. The van der Waals surface area contributed by atoms with Gasteiger partial charge in [-0.3, -0.25) is 14.4 Å². The monoisotopic (exact) mass is 476 g/mol. The molecule has 8 nitrogen and oxygen atoms in total. The molecule has 2 aromatic rings. The van der Waals surface area contributed by atoms with E-state index in [4.69, 9.17) is 9.84 Å². The lowest BCUT2D eigenvalue weighted by Gasteiger charge is -2.26. The number of carboxylic acids is 1. The smallest absolute Gasteiger partial charge is 0.306 e. The summed E-state index contributed by atoms with van der Waals surface area (Å²) in [6.45, 7) is 0.164. The number of carboxylic acid groups (broad SMARTS) is 1. The van der Waals surface area contributed by atoms with Crippen molar-refractivity contribution in [2.75, 3.05) is 20.2 Å². The van der Waals surface area contributed by atoms with E-state index in [1.165, 1.54) is 0 Å². The number of rotatable bonds is 9. The number of aliphatic carboxylic acids is 1. The zero-order valence-electron chi connectivity index (χ0n) is 18.6. The van der Waals surface area contributed by atoms with Crippen molar-refractivity contribution >= 4 is 17.8 Å². The largest absolute Gasteiger partial charge is 0.491 e. The first-order chi connectivity index (χ1) is 16.3. The van der Waals surface area contributed by atoms with E-state index in [0.717, 1.165) is 19.2 Å². The number of ether oxygens (including phenoxy) is 2. The first-order valence-corrected chi connectivity index (χ1v) is 10.9. The number of nitrogens with one attached hydrogen (secondary N) is 2. The Morgan fingerprint density at radius 1 is 0.912 bits per heavy atom. The van der Waals surface area contributed by atoms with Gasteiger partial charge in [0.2, 0.25) is 0 Å². The van der Waals surface area contributed by atoms with Crippen LogP contribution < -0.4 is 20.1 Å². The number of carbonyl (C=O) groups excluding carboxylic acids is 2. The van der Waals surface area contributed by atoms with E-state index in [9.17, 15) is 23.2 Å². The normalized spacial score (nSPS) is 17.5. The first-order valence-electron chi connectivity index (χ1n) is 10.9.